The van der Waals surface area contributed by atoms with E-state index in [-0.39, 0.29) is 22.8 Å². The summed E-state index contributed by atoms with van der Waals surface area (Å²) in [4.78, 5) is 20.2. The third kappa shape index (κ3) is 4.17. The number of rotatable bonds is 4. The number of hydrogen-bond donors (Lipinski definition) is 1. The smallest absolute Gasteiger partial charge is 0.229 e. The van der Waals surface area contributed by atoms with Crippen molar-refractivity contribution in [3.8, 4) is 0 Å². The summed E-state index contributed by atoms with van der Waals surface area (Å²) in [5.74, 6) is 2.06. The van der Waals surface area contributed by atoms with E-state index >= 15 is 0 Å². The molecule has 0 bridgehead atoms. The molecule has 6 nitrogen and oxygen atoms in total. The van der Waals surface area contributed by atoms with Crippen LogP contribution in [0.3, 0.4) is 0 Å². The third-order valence-electron chi connectivity index (χ3n) is 9.83. The summed E-state index contributed by atoms with van der Waals surface area (Å²) in [5.41, 5.74) is 3.15. The molecule has 6 heteroatoms. The summed E-state index contributed by atoms with van der Waals surface area (Å²) < 4.78 is 11.3. The first-order valence-electron chi connectivity index (χ1n) is 13.5. The van der Waals surface area contributed by atoms with Crippen LogP contribution in [0.5, 0.6) is 0 Å². The number of aromatic nitrogens is 1. The van der Waals surface area contributed by atoms with Gasteiger partial charge in [-0.2, -0.15) is 0 Å². The predicted octanol–water partition coefficient (Wildman–Crippen LogP) is 4.90. The molecule has 4 heterocycles. The van der Waals surface area contributed by atoms with Crippen molar-refractivity contribution in [3.63, 3.8) is 0 Å². The van der Waals surface area contributed by atoms with Crippen molar-refractivity contribution >= 4 is 22.5 Å². The lowest BCUT2D eigenvalue weighted by atomic mass is 9.82. The Bertz CT molecular complexity index is 1120. The van der Waals surface area contributed by atoms with Crippen LogP contribution in [0.1, 0.15) is 63.0 Å². The highest BCUT2D eigenvalue weighted by Crippen LogP contribution is 2.59. The molecule has 1 spiro atoms. The van der Waals surface area contributed by atoms with E-state index in [1.807, 2.05) is 6.20 Å². The van der Waals surface area contributed by atoms with Gasteiger partial charge in [0.2, 0.25) is 5.91 Å². The first-order valence-corrected chi connectivity index (χ1v) is 13.5. The summed E-state index contributed by atoms with van der Waals surface area (Å²) in [5, 5.41) is 5.42. The molecular formula is C29H39N3O3. The minimum absolute atomic E-state index is 0.109. The Morgan fingerprint density at radius 1 is 1.11 bits per heavy atom. The molecule has 6 rings (SSSR count). The number of aryl methyl sites for hydroxylation is 1. The van der Waals surface area contributed by atoms with Crippen LogP contribution in [-0.4, -0.2) is 60.8 Å². The number of benzene rings is 1. The second-order valence-electron chi connectivity index (χ2n) is 11.9. The molecule has 3 saturated heterocycles. The number of carbonyl (C=O) groups is 1. The number of anilines is 1. The van der Waals surface area contributed by atoms with Gasteiger partial charge in [0.1, 0.15) is 5.82 Å². The van der Waals surface area contributed by atoms with Crippen molar-refractivity contribution in [1.29, 1.82) is 0 Å². The molecular weight excluding hydrogens is 438 g/mol. The van der Waals surface area contributed by atoms with Crippen molar-refractivity contribution in [3.05, 3.63) is 35.5 Å². The van der Waals surface area contributed by atoms with E-state index in [0.717, 1.165) is 64.2 Å². The summed E-state index contributed by atoms with van der Waals surface area (Å²) in [6.07, 6.45) is 7.25. The van der Waals surface area contributed by atoms with E-state index in [0.29, 0.717) is 17.7 Å². The van der Waals surface area contributed by atoms with Gasteiger partial charge in [-0.1, -0.05) is 13.0 Å². The lowest BCUT2D eigenvalue weighted by molar-refractivity contribution is -0.118. The van der Waals surface area contributed by atoms with Gasteiger partial charge >= 0.3 is 0 Å². The Balaban J connectivity index is 1.15. The minimum Gasteiger partial charge on any atom is -0.381 e. The van der Waals surface area contributed by atoms with E-state index in [4.69, 9.17) is 9.47 Å². The average molecular weight is 478 g/mol. The van der Waals surface area contributed by atoms with Crippen molar-refractivity contribution in [2.75, 3.05) is 44.8 Å². The lowest BCUT2D eigenvalue weighted by Gasteiger charge is -2.44. The molecule has 3 unspecified atom stereocenters. The van der Waals surface area contributed by atoms with Crippen LogP contribution in [0.25, 0.3) is 10.8 Å². The maximum atomic E-state index is 12.9. The number of ether oxygens (including phenoxy) is 2. The largest absolute Gasteiger partial charge is 0.381 e. The number of nitrogens with zero attached hydrogens (tertiary/aromatic N) is 2. The van der Waals surface area contributed by atoms with Crippen LogP contribution >= 0.6 is 0 Å². The highest BCUT2D eigenvalue weighted by Gasteiger charge is 2.58. The number of hydrogen-bond acceptors (Lipinski definition) is 5. The first kappa shape index (κ1) is 23.4. The summed E-state index contributed by atoms with van der Waals surface area (Å²) in [7, 11) is 0. The third-order valence-corrected chi connectivity index (χ3v) is 9.83. The monoisotopic (exact) mass is 477 g/mol. The zero-order chi connectivity index (χ0) is 24.2. The van der Waals surface area contributed by atoms with Gasteiger partial charge in [0.25, 0.3) is 0 Å². The number of amides is 1. The van der Waals surface area contributed by atoms with Crippen molar-refractivity contribution < 1.29 is 14.3 Å². The van der Waals surface area contributed by atoms with Gasteiger partial charge in [0.15, 0.2) is 0 Å². The fourth-order valence-electron chi connectivity index (χ4n) is 6.96. The molecule has 0 radical (unpaired) electrons. The van der Waals surface area contributed by atoms with Crippen LogP contribution in [0.15, 0.2) is 24.4 Å². The Kier molecular flexibility index (Phi) is 5.89. The van der Waals surface area contributed by atoms with Gasteiger partial charge in [-0.15, -0.1) is 0 Å². The fourth-order valence-corrected chi connectivity index (χ4v) is 6.96. The van der Waals surface area contributed by atoms with Gasteiger partial charge in [-0.3, -0.25) is 9.69 Å². The Morgan fingerprint density at radius 3 is 2.60 bits per heavy atom. The van der Waals surface area contributed by atoms with Gasteiger partial charge in [0.05, 0.1) is 13.2 Å². The van der Waals surface area contributed by atoms with Gasteiger partial charge in [0, 0.05) is 36.3 Å². The Morgan fingerprint density at radius 2 is 1.89 bits per heavy atom. The fraction of sp³-hybridized carbons (Fsp3) is 0.655. The molecule has 1 saturated carbocycles. The normalized spacial score (nSPS) is 31.2. The molecule has 1 N–H and O–H groups in total. The second kappa shape index (κ2) is 8.82. The van der Waals surface area contributed by atoms with E-state index < -0.39 is 0 Å². The van der Waals surface area contributed by atoms with Crippen molar-refractivity contribution in [2.45, 2.75) is 64.3 Å². The van der Waals surface area contributed by atoms with E-state index in [2.05, 4.69) is 54.2 Å². The molecule has 1 aliphatic carbocycles. The SMILES string of the molecule is Cc1cc2cnc(NC(=O)C3CC34CCOCC4)cc2cc1C1CCN(C2(C)COCC2C)CC1. The van der Waals surface area contributed by atoms with Crippen LogP contribution in [0, 0.1) is 24.2 Å². The van der Waals surface area contributed by atoms with Gasteiger partial charge < -0.3 is 14.8 Å². The molecule has 4 aliphatic rings. The molecule has 188 valence electrons. The number of piperidine rings is 1. The van der Waals surface area contributed by atoms with Gasteiger partial charge in [-0.05, 0) is 105 Å². The van der Waals surface area contributed by atoms with Crippen LogP contribution < -0.4 is 5.32 Å². The first-order chi connectivity index (χ1) is 16.9. The van der Waals surface area contributed by atoms with Crippen molar-refractivity contribution in [1.82, 2.24) is 9.88 Å². The molecule has 4 fully saturated rings. The van der Waals surface area contributed by atoms with Crippen LogP contribution in [-0.2, 0) is 14.3 Å². The van der Waals surface area contributed by atoms with Crippen molar-refractivity contribution in [2.24, 2.45) is 17.3 Å². The lowest BCUT2D eigenvalue weighted by Crippen LogP contribution is -2.53. The van der Waals surface area contributed by atoms with Crippen LogP contribution in [0.2, 0.25) is 0 Å². The predicted molar refractivity (Wildman–Crippen MR) is 138 cm³/mol. The maximum absolute atomic E-state index is 12.9. The molecule has 3 aliphatic heterocycles. The van der Waals surface area contributed by atoms with Crippen LogP contribution in [0.4, 0.5) is 5.82 Å². The van der Waals surface area contributed by atoms with E-state index in [1.165, 1.54) is 29.4 Å². The molecule has 3 atom stereocenters. The highest BCUT2D eigenvalue weighted by atomic mass is 16.5. The summed E-state index contributed by atoms with van der Waals surface area (Å²) in [6, 6.07) is 6.67. The minimum atomic E-state index is 0.109. The molecule has 2 aromatic rings. The summed E-state index contributed by atoms with van der Waals surface area (Å²) in [6.45, 7) is 12.5. The molecule has 35 heavy (non-hydrogen) atoms. The Labute approximate surface area is 208 Å². The number of fused-ring (bicyclic) bond motifs is 1. The number of carbonyl (C=O) groups excluding carboxylic acids is 1. The molecule has 1 aromatic heterocycles. The second-order valence-corrected chi connectivity index (χ2v) is 11.9. The summed E-state index contributed by atoms with van der Waals surface area (Å²) >= 11 is 0. The van der Waals surface area contributed by atoms with Gasteiger partial charge in [-0.25, -0.2) is 4.98 Å². The number of pyridine rings is 1. The zero-order valence-electron chi connectivity index (χ0n) is 21.4. The highest BCUT2D eigenvalue weighted by molar-refractivity contribution is 5.96. The van der Waals surface area contributed by atoms with E-state index in [1.54, 1.807) is 0 Å². The number of nitrogens with one attached hydrogen (secondary N) is 1. The standard InChI is InChI=1S/C29H39N3O3/c1-19-12-23-16-30-26(31-27(33)25-15-29(25)6-10-34-11-7-29)14-22(23)13-24(19)21-4-8-32(9-5-21)28(3)18-35-17-20(28)2/h12-14,16,20-21,25H,4-11,15,17-18H2,1-3H3,(H,30,31,33). The zero-order valence-corrected chi connectivity index (χ0v) is 21.4. The quantitative estimate of drug-likeness (QED) is 0.678. The number of likely N-dealkylation sites (tertiary alicyclic amines) is 1. The van der Waals surface area contributed by atoms with E-state index in [9.17, 15) is 4.79 Å². The maximum Gasteiger partial charge on any atom is 0.229 e. The Hall–Kier alpha value is -2.02. The molecule has 1 aromatic carbocycles. The average Bonchev–Trinajstić information content (AvgIpc) is 3.44. The molecule has 1 amide bonds. The topological polar surface area (TPSA) is 63.7 Å².